The second-order valence-electron chi connectivity index (χ2n) is 3.89. The van der Waals surface area contributed by atoms with Gasteiger partial charge < -0.3 is 15.3 Å². The Labute approximate surface area is 94.9 Å². The largest absolute Gasteiger partial charge is 0.378 e. The minimum atomic E-state index is -1.03. The number of amides is 1. The molecule has 4 heteroatoms. The molecule has 4 nitrogen and oxygen atoms in total. The average Bonchev–Trinajstić information content (AvgIpc) is 2.39. The van der Waals surface area contributed by atoms with Gasteiger partial charge in [0.1, 0.15) is 0 Å². The van der Waals surface area contributed by atoms with Crippen molar-refractivity contribution in [1.82, 2.24) is 10.2 Å². The summed E-state index contributed by atoms with van der Waals surface area (Å²) in [4.78, 5) is 13.6. The van der Waals surface area contributed by atoms with E-state index in [0.29, 0.717) is 18.7 Å². The number of carbonyl (C=O) groups is 1. The summed E-state index contributed by atoms with van der Waals surface area (Å²) in [5, 5.41) is 13.1. The van der Waals surface area contributed by atoms with Crippen molar-refractivity contribution in [3.05, 3.63) is 35.9 Å². The second kappa shape index (κ2) is 5.09. The van der Waals surface area contributed by atoms with Gasteiger partial charge in [0, 0.05) is 26.2 Å². The molecular weight excluding hydrogens is 204 g/mol. The molecule has 0 saturated carbocycles. The standard InChI is InChI=1S/C12H16N2O2/c15-11(10-4-2-1-3-5-10)12(16)14-8-6-13-7-9-14/h1-5,11,13,15H,6-9H2/t11-/m1/s1. The monoisotopic (exact) mass is 220 g/mol. The van der Waals surface area contributed by atoms with Crippen LogP contribution in [0.2, 0.25) is 0 Å². The van der Waals surface area contributed by atoms with Crippen LogP contribution in [-0.2, 0) is 4.79 Å². The molecule has 1 amide bonds. The third-order valence-corrected chi connectivity index (χ3v) is 2.78. The van der Waals surface area contributed by atoms with Crippen molar-refractivity contribution in [1.29, 1.82) is 0 Å². The third-order valence-electron chi connectivity index (χ3n) is 2.78. The van der Waals surface area contributed by atoms with E-state index in [1.807, 2.05) is 18.2 Å². The number of rotatable bonds is 2. The molecule has 2 rings (SSSR count). The van der Waals surface area contributed by atoms with Crippen LogP contribution in [0.5, 0.6) is 0 Å². The van der Waals surface area contributed by atoms with Gasteiger partial charge in [-0.2, -0.15) is 0 Å². The number of benzene rings is 1. The maximum atomic E-state index is 11.9. The summed E-state index contributed by atoms with van der Waals surface area (Å²) in [7, 11) is 0. The summed E-state index contributed by atoms with van der Waals surface area (Å²) in [6, 6.07) is 9.05. The van der Waals surface area contributed by atoms with Gasteiger partial charge in [0.05, 0.1) is 0 Å². The first kappa shape index (κ1) is 11.1. The highest BCUT2D eigenvalue weighted by molar-refractivity contribution is 5.82. The average molecular weight is 220 g/mol. The lowest BCUT2D eigenvalue weighted by Gasteiger charge is -2.29. The van der Waals surface area contributed by atoms with Crippen molar-refractivity contribution < 1.29 is 9.90 Å². The Morgan fingerprint density at radius 3 is 2.50 bits per heavy atom. The first-order valence-corrected chi connectivity index (χ1v) is 5.51. The van der Waals surface area contributed by atoms with Gasteiger partial charge in [0.25, 0.3) is 5.91 Å². The van der Waals surface area contributed by atoms with Gasteiger partial charge in [-0.1, -0.05) is 30.3 Å². The minimum absolute atomic E-state index is 0.201. The van der Waals surface area contributed by atoms with E-state index in [1.54, 1.807) is 17.0 Å². The molecule has 1 aromatic rings. The van der Waals surface area contributed by atoms with Crippen LogP contribution in [0.4, 0.5) is 0 Å². The first-order valence-electron chi connectivity index (χ1n) is 5.51. The lowest BCUT2D eigenvalue weighted by Crippen LogP contribution is -2.48. The zero-order valence-corrected chi connectivity index (χ0v) is 9.10. The number of hydrogen-bond donors (Lipinski definition) is 2. The summed E-state index contributed by atoms with van der Waals surface area (Å²) < 4.78 is 0. The first-order chi connectivity index (χ1) is 7.79. The van der Waals surface area contributed by atoms with E-state index in [1.165, 1.54) is 0 Å². The Bertz CT molecular complexity index is 347. The number of piperazine rings is 1. The van der Waals surface area contributed by atoms with E-state index >= 15 is 0 Å². The number of aliphatic hydroxyl groups is 1. The van der Waals surface area contributed by atoms with Gasteiger partial charge in [-0.3, -0.25) is 4.79 Å². The fraction of sp³-hybridized carbons (Fsp3) is 0.417. The van der Waals surface area contributed by atoms with Crippen molar-refractivity contribution in [2.75, 3.05) is 26.2 Å². The van der Waals surface area contributed by atoms with E-state index in [2.05, 4.69) is 5.32 Å². The fourth-order valence-electron chi connectivity index (χ4n) is 1.84. The third kappa shape index (κ3) is 2.40. The van der Waals surface area contributed by atoms with Crippen LogP contribution in [0.3, 0.4) is 0 Å². The Balaban J connectivity index is 2.04. The number of nitrogens with zero attached hydrogens (tertiary/aromatic N) is 1. The van der Waals surface area contributed by atoms with E-state index in [-0.39, 0.29) is 5.91 Å². The molecular formula is C12H16N2O2. The van der Waals surface area contributed by atoms with Crippen molar-refractivity contribution in [3.63, 3.8) is 0 Å². The van der Waals surface area contributed by atoms with Crippen LogP contribution < -0.4 is 5.32 Å². The zero-order chi connectivity index (χ0) is 11.4. The molecule has 1 aliphatic rings. The molecule has 0 radical (unpaired) electrons. The quantitative estimate of drug-likeness (QED) is 0.746. The zero-order valence-electron chi connectivity index (χ0n) is 9.10. The summed E-state index contributed by atoms with van der Waals surface area (Å²) >= 11 is 0. The van der Waals surface area contributed by atoms with Gasteiger partial charge in [-0.05, 0) is 5.56 Å². The molecule has 2 N–H and O–H groups in total. The lowest BCUT2D eigenvalue weighted by molar-refractivity contribution is -0.141. The van der Waals surface area contributed by atoms with Crippen LogP contribution in [0, 0.1) is 0 Å². The Morgan fingerprint density at radius 2 is 1.88 bits per heavy atom. The smallest absolute Gasteiger partial charge is 0.256 e. The van der Waals surface area contributed by atoms with Crippen LogP contribution in [0.1, 0.15) is 11.7 Å². The van der Waals surface area contributed by atoms with E-state index in [4.69, 9.17) is 0 Å². The maximum Gasteiger partial charge on any atom is 0.256 e. The molecule has 0 aliphatic carbocycles. The van der Waals surface area contributed by atoms with Gasteiger partial charge >= 0.3 is 0 Å². The van der Waals surface area contributed by atoms with E-state index in [9.17, 15) is 9.90 Å². The topological polar surface area (TPSA) is 52.6 Å². The Kier molecular flexibility index (Phi) is 3.54. The van der Waals surface area contributed by atoms with Gasteiger partial charge in [-0.15, -0.1) is 0 Å². The summed E-state index contributed by atoms with van der Waals surface area (Å²) in [5.41, 5.74) is 0.658. The Morgan fingerprint density at radius 1 is 1.25 bits per heavy atom. The highest BCUT2D eigenvalue weighted by Crippen LogP contribution is 2.15. The molecule has 1 fully saturated rings. The molecule has 1 aromatic carbocycles. The fourth-order valence-corrected chi connectivity index (χ4v) is 1.84. The van der Waals surface area contributed by atoms with Crippen molar-refractivity contribution >= 4 is 5.91 Å². The molecule has 1 aliphatic heterocycles. The lowest BCUT2D eigenvalue weighted by atomic mass is 10.1. The molecule has 0 bridgehead atoms. The Hall–Kier alpha value is -1.39. The molecule has 1 saturated heterocycles. The van der Waals surface area contributed by atoms with Gasteiger partial charge in [-0.25, -0.2) is 0 Å². The van der Waals surface area contributed by atoms with Crippen molar-refractivity contribution in [3.8, 4) is 0 Å². The second-order valence-corrected chi connectivity index (χ2v) is 3.89. The van der Waals surface area contributed by atoms with Crippen LogP contribution >= 0.6 is 0 Å². The van der Waals surface area contributed by atoms with Crippen molar-refractivity contribution in [2.24, 2.45) is 0 Å². The summed E-state index contributed by atoms with van der Waals surface area (Å²) in [6.07, 6.45) is -1.03. The number of hydrogen-bond acceptors (Lipinski definition) is 3. The van der Waals surface area contributed by atoms with Crippen LogP contribution in [-0.4, -0.2) is 42.1 Å². The molecule has 0 spiro atoms. The molecule has 1 atom stereocenters. The highest BCUT2D eigenvalue weighted by Gasteiger charge is 2.24. The highest BCUT2D eigenvalue weighted by atomic mass is 16.3. The van der Waals surface area contributed by atoms with Crippen molar-refractivity contribution in [2.45, 2.75) is 6.10 Å². The van der Waals surface area contributed by atoms with E-state index in [0.717, 1.165) is 13.1 Å². The van der Waals surface area contributed by atoms with Gasteiger partial charge in [0.15, 0.2) is 6.10 Å². The number of nitrogens with one attached hydrogen (secondary N) is 1. The summed E-state index contributed by atoms with van der Waals surface area (Å²) in [6.45, 7) is 2.94. The van der Waals surface area contributed by atoms with E-state index < -0.39 is 6.10 Å². The van der Waals surface area contributed by atoms with Crippen LogP contribution in [0.15, 0.2) is 30.3 Å². The molecule has 0 aromatic heterocycles. The molecule has 1 heterocycles. The van der Waals surface area contributed by atoms with Gasteiger partial charge in [0.2, 0.25) is 0 Å². The minimum Gasteiger partial charge on any atom is -0.378 e. The summed E-state index contributed by atoms with van der Waals surface area (Å²) in [5.74, 6) is -0.201. The predicted octanol–water partition coefficient (Wildman–Crippen LogP) is 0.152. The maximum absolute atomic E-state index is 11.9. The molecule has 16 heavy (non-hydrogen) atoms. The molecule has 0 unspecified atom stereocenters. The molecule has 86 valence electrons. The SMILES string of the molecule is O=C([C@H](O)c1ccccc1)N1CCNCC1. The van der Waals surface area contributed by atoms with Crippen LogP contribution in [0.25, 0.3) is 0 Å². The normalized spacial score (nSPS) is 18.2. The number of aliphatic hydroxyl groups excluding tert-OH is 1. The number of carbonyl (C=O) groups excluding carboxylic acids is 1. The predicted molar refractivity (Wildman–Crippen MR) is 60.9 cm³/mol.